The van der Waals surface area contributed by atoms with Gasteiger partial charge in [0.25, 0.3) is 0 Å². The minimum atomic E-state index is -0.209. The Morgan fingerprint density at radius 3 is 2.50 bits per heavy atom. The van der Waals surface area contributed by atoms with Gasteiger partial charge < -0.3 is 15.6 Å². The van der Waals surface area contributed by atoms with Crippen LogP contribution in [0.1, 0.15) is 40.0 Å². The zero-order valence-electron chi connectivity index (χ0n) is 9.75. The molecule has 3 heteroatoms. The van der Waals surface area contributed by atoms with Crippen LogP contribution in [0.15, 0.2) is 0 Å². The summed E-state index contributed by atoms with van der Waals surface area (Å²) >= 11 is 0. The smallest absolute Gasteiger partial charge is 0.0776 e. The number of hydrogen-bond acceptors (Lipinski definition) is 3. The summed E-state index contributed by atoms with van der Waals surface area (Å²) in [5, 5.41) is 8.64. The number of ether oxygens (including phenoxy) is 1. The molecule has 0 heterocycles. The van der Waals surface area contributed by atoms with Crippen molar-refractivity contribution in [1.82, 2.24) is 0 Å². The first-order valence-corrected chi connectivity index (χ1v) is 5.49. The van der Waals surface area contributed by atoms with E-state index in [4.69, 9.17) is 15.6 Å². The molecule has 0 bridgehead atoms. The molecule has 0 saturated carbocycles. The van der Waals surface area contributed by atoms with Crippen molar-refractivity contribution in [3.05, 3.63) is 0 Å². The Kier molecular flexibility index (Phi) is 7.15. The second-order valence-electron chi connectivity index (χ2n) is 4.51. The third kappa shape index (κ3) is 6.35. The average molecular weight is 203 g/mol. The Morgan fingerprint density at radius 1 is 1.43 bits per heavy atom. The van der Waals surface area contributed by atoms with Gasteiger partial charge in [0.05, 0.1) is 5.60 Å². The van der Waals surface area contributed by atoms with E-state index in [0.29, 0.717) is 25.5 Å². The number of aliphatic hydroxyl groups excluding tert-OH is 1. The molecule has 86 valence electrons. The fourth-order valence-corrected chi connectivity index (χ4v) is 1.21. The molecule has 0 aliphatic heterocycles. The molecule has 3 nitrogen and oxygen atoms in total. The maximum Gasteiger partial charge on any atom is 0.0776 e. The Bertz CT molecular complexity index is 139. The van der Waals surface area contributed by atoms with E-state index in [0.717, 1.165) is 12.8 Å². The third-order valence-electron chi connectivity index (χ3n) is 2.44. The monoisotopic (exact) mass is 203 g/mol. The van der Waals surface area contributed by atoms with Crippen molar-refractivity contribution in [2.75, 3.05) is 19.8 Å². The minimum absolute atomic E-state index is 0.185. The molecule has 14 heavy (non-hydrogen) atoms. The van der Waals surface area contributed by atoms with E-state index >= 15 is 0 Å². The SMILES string of the molecule is CC(C)CCC(C)(CN)OCCCO. The van der Waals surface area contributed by atoms with Gasteiger partial charge in [-0.05, 0) is 32.1 Å². The van der Waals surface area contributed by atoms with Gasteiger partial charge in [0.15, 0.2) is 0 Å². The summed E-state index contributed by atoms with van der Waals surface area (Å²) in [7, 11) is 0. The Labute approximate surface area is 87.6 Å². The standard InChI is InChI=1S/C11H25NO2/c1-10(2)5-6-11(3,9-12)14-8-4-7-13/h10,13H,4-9,12H2,1-3H3. The zero-order chi connectivity index (χ0) is 11.0. The van der Waals surface area contributed by atoms with E-state index in [2.05, 4.69) is 13.8 Å². The van der Waals surface area contributed by atoms with Crippen molar-refractivity contribution < 1.29 is 9.84 Å². The van der Waals surface area contributed by atoms with Crippen LogP contribution in [0.3, 0.4) is 0 Å². The minimum Gasteiger partial charge on any atom is -0.396 e. The van der Waals surface area contributed by atoms with E-state index in [1.165, 1.54) is 0 Å². The topological polar surface area (TPSA) is 55.5 Å². The van der Waals surface area contributed by atoms with Crippen molar-refractivity contribution in [3.8, 4) is 0 Å². The van der Waals surface area contributed by atoms with Crippen LogP contribution < -0.4 is 5.73 Å². The summed E-state index contributed by atoms with van der Waals surface area (Å²) in [5.74, 6) is 0.683. The highest BCUT2D eigenvalue weighted by Crippen LogP contribution is 2.19. The molecule has 0 fully saturated rings. The molecule has 0 aliphatic carbocycles. The van der Waals surface area contributed by atoms with Crippen LogP contribution >= 0.6 is 0 Å². The van der Waals surface area contributed by atoms with Crippen LogP contribution in [0.5, 0.6) is 0 Å². The largest absolute Gasteiger partial charge is 0.396 e. The Hall–Kier alpha value is -0.120. The predicted octanol–water partition coefficient (Wildman–Crippen LogP) is 1.54. The number of hydrogen-bond donors (Lipinski definition) is 2. The molecule has 0 aromatic heterocycles. The molecule has 0 saturated heterocycles. The van der Waals surface area contributed by atoms with Crippen molar-refractivity contribution in [3.63, 3.8) is 0 Å². The fourth-order valence-electron chi connectivity index (χ4n) is 1.21. The maximum absolute atomic E-state index is 8.64. The first-order chi connectivity index (χ1) is 6.54. The van der Waals surface area contributed by atoms with Crippen molar-refractivity contribution in [2.45, 2.75) is 45.6 Å². The molecule has 0 aromatic rings. The maximum atomic E-state index is 8.64. The normalized spacial score (nSPS) is 15.9. The summed E-state index contributed by atoms with van der Waals surface area (Å²) in [6.45, 7) is 7.78. The zero-order valence-corrected chi connectivity index (χ0v) is 9.75. The van der Waals surface area contributed by atoms with Crippen LogP contribution in [0.25, 0.3) is 0 Å². The summed E-state index contributed by atoms with van der Waals surface area (Å²) < 4.78 is 5.68. The average Bonchev–Trinajstić information content (AvgIpc) is 2.15. The van der Waals surface area contributed by atoms with E-state index in [1.807, 2.05) is 6.92 Å². The molecule has 0 aliphatic rings. The molecule has 0 aromatic carbocycles. The highest BCUT2D eigenvalue weighted by Gasteiger charge is 2.22. The Morgan fingerprint density at radius 2 is 2.07 bits per heavy atom. The van der Waals surface area contributed by atoms with E-state index in [9.17, 15) is 0 Å². The summed E-state index contributed by atoms with van der Waals surface area (Å²) in [6.07, 6.45) is 2.82. The van der Waals surface area contributed by atoms with Gasteiger partial charge in [0, 0.05) is 19.8 Å². The van der Waals surface area contributed by atoms with Gasteiger partial charge in [0.1, 0.15) is 0 Å². The fraction of sp³-hybridized carbons (Fsp3) is 1.00. The van der Waals surface area contributed by atoms with Gasteiger partial charge in [-0.2, -0.15) is 0 Å². The summed E-state index contributed by atoms with van der Waals surface area (Å²) in [5.41, 5.74) is 5.48. The van der Waals surface area contributed by atoms with Crippen LogP contribution in [0.4, 0.5) is 0 Å². The second kappa shape index (κ2) is 7.21. The molecule has 0 spiro atoms. The molecule has 0 rings (SSSR count). The van der Waals surface area contributed by atoms with Gasteiger partial charge in [-0.15, -0.1) is 0 Å². The van der Waals surface area contributed by atoms with Gasteiger partial charge in [-0.3, -0.25) is 0 Å². The van der Waals surface area contributed by atoms with Gasteiger partial charge >= 0.3 is 0 Å². The number of rotatable bonds is 8. The lowest BCUT2D eigenvalue weighted by Gasteiger charge is -2.29. The molecule has 1 atom stereocenters. The van der Waals surface area contributed by atoms with Crippen molar-refractivity contribution in [2.24, 2.45) is 11.7 Å². The van der Waals surface area contributed by atoms with Gasteiger partial charge in [0.2, 0.25) is 0 Å². The Balaban J connectivity index is 3.79. The summed E-state index contributed by atoms with van der Waals surface area (Å²) in [6, 6.07) is 0. The summed E-state index contributed by atoms with van der Waals surface area (Å²) in [4.78, 5) is 0. The van der Waals surface area contributed by atoms with Crippen LogP contribution in [0, 0.1) is 5.92 Å². The number of nitrogens with two attached hydrogens (primary N) is 1. The molecule has 3 N–H and O–H groups in total. The lowest BCUT2D eigenvalue weighted by molar-refractivity contribution is -0.0383. The molecule has 0 radical (unpaired) electrons. The van der Waals surface area contributed by atoms with Crippen LogP contribution in [-0.2, 0) is 4.74 Å². The second-order valence-corrected chi connectivity index (χ2v) is 4.51. The first-order valence-electron chi connectivity index (χ1n) is 5.49. The van der Waals surface area contributed by atoms with Crippen LogP contribution in [0.2, 0.25) is 0 Å². The molecular weight excluding hydrogens is 178 g/mol. The van der Waals surface area contributed by atoms with E-state index in [-0.39, 0.29) is 12.2 Å². The molecule has 1 unspecified atom stereocenters. The predicted molar refractivity (Wildman–Crippen MR) is 59.2 cm³/mol. The molecular formula is C11H25NO2. The van der Waals surface area contributed by atoms with Crippen molar-refractivity contribution >= 4 is 0 Å². The lowest BCUT2D eigenvalue weighted by atomic mass is 9.95. The highest BCUT2D eigenvalue weighted by atomic mass is 16.5. The van der Waals surface area contributed by atoms with Gasteiger partial charge in [-0.1, -0.05) is 13.8 Å². The molecule has 0 amide bonds. The quantitative estimate of drug-likeness (QED) is 0.588. The van der Waals surface area contributed by atoms with E-state index < -0.39 is 0 Å². The lowest BCUT2D eigenvalue weighted by Crippen LogP contribution is -2.38. The van der Waals surface area contributed by atoms with E-state index in [1.54, 1.807) is 0 Å². The first kappa shape index (κ1) is 13.9. The highest BCUT2D eigenvalue weighted by molar-refractivity contribution is 4.76. The third-order valence-corrected chi connectivity index (χ3v) is 2.44. The van der Waals surface area contributed by atoms with Crippen molar-refractivity contribution in [1.29, 1.82) is 0 Å². The van der Waals surface area contributed by atoms with Crippen LogP contribution in [-0.4, -0.2) is 30.5 Å². The number of aliphatic hydroxyl groups is 1. The van der Waals surface area contributed by atoms with Gasteiger partial charge in [-0.25, -0.2) is 0 Å².